The number of hydrogen-bond acceptors (Lipinski definition) is 5. The fourth-order valence-corrected chi connectivity index (χ4v) is 1.51. The predicted molar refractivity (Wildman–Crippen MR) is 58.2 cm³/mol. The second-order valence-electron chi connectivity index (χ2n) is 3.80. The van der Waals surface area contributed by atoms with Gasteiger partial charge in [0.25, 0.3) is 0 Å². The Morgan fingerprint density at radius 3 is 2.18 bits per heavy atom. The highest BCUT2D eigenvalue weighted by molar-refractivity contribution is 5.73. The molecule has 0 aliphatic carbocycles. The molecular formula is C11H9F6NO4. The average Bonchev–Trinajstić information content (AvgIpc) is 2.35. The van der Waals surface area contributed by atoms with Crippen molar-refractivity contribution in [2.24, 2.45) is 0 Å². The van der Waals surface area contributed by atoms with Gasteiger partial charge in [-0.3, -0.25) is 4.79 Å². The van der Waals surface area contributed by atoms with E-state index in [0.717, 1.165) is 14.2 Å². The third-order valence-electron chi connectivity index (χ3n) is 2.28. The first-order valence-electron chi connectivity index (χ1n) is 5.45. The SMILES string of the molecule is COC(=O)Cc1cc(OC(F)(F)F)nc(C(F)(F)F)c1OC. The Hall–Kier alpha value is -2.20. The van der Waals surface area contributed by atoms with Crippen LogP contribution in [-0.4, -0.2) is 31.5 Å². The zero-order chi connectivity index (χ0) is 17.1. The van der Waals surface area contributed by atoms with Gasteiger partial charge in [-0.15, -0.1) is 13.2 Å². The Labute approximate surface area is 119 Å². The molecule has 124 valence electrons. The summed E-state index contributed by atoms with van der Waals surface area (Å²) < 4.78 is 87.1. The van der Waals surface area contributed by atoms with Crippen LogP contribution in [0, 0.1) is 0 Å². The molecule has 0 fully saturated rings. The summed E-state index contributed by atoms with van der Waals surface area (Å²) in [5.41, 5.74) is -2.24. The predicted octanol–water partition coefficient (Wildman–Crippen LogP) is 2.72. The minimum Gasteiger partial charge on any atom is -0.494 e. The first-order chi connectivity index (χ1) is 9.97. The highest BCUT2D eigenvalue weighted by atomic mass is 19.4. The van der Waals surface area contributed by atoms with Gasteiger partial charge in [0.05, 0.1) is 20.6 Å². The van der Waals surface area contributed by atoms with Crippen molar-refractivity contribution < 1.29 is 45.3 Å². The van der Waals surface area contributed by atoms with E-state index in [-0.39, 0.29) is 0 Å². The largest absolute Gasteiger partial charge is 0.574 e. The van der Waals surface area contributed by atoms with E-state index in [1.807, 2.05) is 0 Å². The van der Waals surface area contributed by atoms with Crippen LogP contribution in [0.2, 0.25) is 0 Å². The Kier molecular flexibility index (Phi) is 5.09. The minimum atomic E-state index is -5.24. The number of ether oxygens (including phenoxy) is 3. The van der Waals surface area contributed by atoms with E-state index in [9.17, 15) is 31.1 Å². The minimum absolute atomic E-state index is 0.504. The summed E-state index contributed by atoms with van der Waals surface area (Å²) in [6.45, 7) is 0. The van der Waals surface area contributed by atoms with Crippen molar-refractivity contribution in [2.75, 3.05) is 14.2 Å². The third-order valence-corrected chi connectivity index (χ3v) is 2.28. The van der Waals surface area contributed by atoms with Crippen molar-refractivity contribution in [1.82, 2.24) is 4.98 Å². The lowest BCUT2D eigenvalue weighted by molar-refractivity contribution is -0.276. The number of carbonyl (C=O) groups excluding carboxylic acids is 1. The van der Waals surface area contributed by atoms with Gasteiger partial charge >= 0.3 is 18.5 Å². The van der Waals surface area contributed by atoms with Crippen LogP contribution in [0.3, 0.4) is 0 Å². The van der Waals surface area contributed by atoms with E-state index < -0.39 is 47.8 Å². The lowest BCUT2D eigenvalue weighted by atomic mass is 10.1. The number of esters is 1. The lowest BCUT2D eigenvalue weighted by Crippen LogP contribution is -2.21. The number of hydrogen-bond donors (Lipinski definition) is 0. The molecule has 0 amide bonds. The first kappa shape index (κ1) is 17.9. The Morgan fingerprint density at radius 2 is 1.77 bits per heavy atom. The summed E-state index contributed by atoms with van der Waals surface area (Å²) in [5.74, 6) is -3.22. The number of nitrogens with zero attached hydrogens (tertiary/aromatic N) is 1. The molecule has 5 nitrogen and oxygen atoms in total. The van der Waals surface area contributed by atoms with Crippen LogP contribution >= 0.6 is 0 Å². The van der Waals surface area contributed by atoms with Crippen LogP contribution in [-0.2, 0) is 22.1 Å². The highest BCUT2D eigenvalue weighted by Crippen LogP contribution is 2.39. The van der Waals surface area contributed by atoms with E-state index in [1.54, 1.807) is 0 Å². The van der Waals surface area contributed by atoms with Gasteiger partial charge in [0.2, 0.25) is 5.88 Å². The second-order valence-corrected chi connectivity index (χ2v) is 3.80. The molecule has 0 saturated heterocycles. The van der Waals surface area contributed by atoms with Gasteiger partial charge in [-0.05, 0) is 0 Å². The van der Waals surface area contributed by atoms with Gasteiger partial charge in [-0.1, -0.05) is 0 Å². The van der Waals surface area contributed by atoms with Gasteiger partial charge in [0.1, 0.15) is 0 Å². The summed E-state index contributed by atoms with van der Waals surface area (Å²) in [4.78, 5) is 13.9. The molecule has 0 aliphatic rings. The molecule has 0 saturated carbocycles. The van der Waals surface area contributed by atoms with E-state index in [2.05, 4.69) is 19.2 Å². The van der Waals surface area contributed by atoms with Gasteiger partial charge in [0, 0.05) is 11.6 Å². The number of alkyl halides is 6. The van der Waals surface area contributed by atoms with Gasteiger partial charge in [-0.2, -0.15) is 13.2 Å². The van der Waals surface area contributed by atoms with Crippen LogP contribution < -0.4 is 9.47 Å². The van der Waals surface area contributed by atoms with Crippen LogP contribution in [0.25, 0.3) is 0 Å². The maximum atomic E-state index is 12.9. The molecule has 0 aromatic carbocycles. The lowest BCUT2D eigenvalue weighted by Gasteiger charge is -2.17. The number of aromatic nitrogens is 1. The van der Waals surface area contributed by atoms with Gasteiger partial charge in [0.15, 0.2) is 11.4 Å². The molecule has 1 aromatic rings. The zero-order valence-electron chi connectivity index (χ0n) is 11.1. The normalized spacial score (nSPS) is 12.0. The maximum Gasteiger partial charge on any atom is 0.574 e. The van der Waals surface area contributed by atoms with Gasteiger partial charge < -0.3 is 14.2 Å². The van der Waals surface area contributed by atoms with Crippen molar-refractivity contribution in [3.05, 3.63) is 17.3 Å². The van der Waals surface area contributed by atoms with Crippen LogP contribution in [0.15, 0.2) is 6.07 Å². The molecule has 0 radical (unpaired) electrons. The average molecular weight is 333 g/mol. The molecule has 0 spiro atoms. The monoisotopic (exact) mass is 333 g/mol. The molecule has 0 bridgehead atoms. The van der Waals surface area contributed by atoms with Crippen molar-refractivity contribution in [3.63, 3.8) is 0 Å². The summed E-state index contributed by atoms with van der Waals surface area (Å²) >= 11 is 0. The number of carbonyl (C=O) groups is 1. The summed E-state index contributed by atoms with van der Waals surface area (Å²) in [7, 11) is 1.82. The van der Waals surface area contributed by atoms with E-state index >= 15 is 0 Å². The quantitative estimate of drug-likeness (QED) is 0.626. The Balaban J connectivity index is 3.44. The van der Waals surface area contributed by atoms with Crippen LogP contribution in [0.5, 0.6) is 11.6 Å². The molecule has 0 unspecified atom stereocenters. The fraction of sp³-hybridized carbons (Fsp3) is 0.455. The van der Waals surface area contributed by atoms with Crippen molar-refractivity contribution in [3.8, 4) is 11.6 Å². The van der Waals surface area contributed by atoms with E-state index in [1.165, 1.54) is 0 Å². The summed E-state index contributed by atoms with van der Waals surface area (Å²) in [6, 6.07) is 0.526. The molecule has 11 heteroatoms. The van der Waals surface area contributed by atoms with Crippen LogP contribution in [0.4, 0.5) is 26.3 Å². The number of halogens is 6. The van der Waals surface area contributed by atoms with E-state index in [0.29, 0.717) is 6.07 Å². The molecule has 0 atom stereocenters. The van der Waals surface area contributed by atoms with Crippen molar-refractivity contribution >= 4 is 5.97 Å². The number of pyridine rings is 1. The Bertz CT molecular complexity index is 555. The molecule has 1 heterocycles. The molecule has 22 heavy (non-hydrogen) atoms. The summed E-state index contributed by atoms with van der Waals surface area (Å²) in [6.07, 6.45) is -11.1. The smallest absolute Gasteiger partial charge is 0.494 e. The summed E-state index contributed by atoms with van der Waals surface area (Å²) in [5, 5.41) is 0. The Morgan fingerprint density at radius 1 is 1.18 bits per heavy atom. The zero-order valence-corrected chi connectivity index (χ0v) is 11.1. The van der Waals surface area contributed by atoms with Gasteiger partial charge in [-0.25, -0.2) is 4.98 Å². The topological polar surface area (TPSA) is 57.7 Å². The molecule has 1 rings (SSSR count). The number of rotatable bonds is 4. The fourth-order valence-electron chi connectivity index (χ4n) is 1.51. The first-order valence-corrected chi connectivity index (χ1v) is 5.45. The number of methoxy groups -OCH3 is 2. The standard InChI is InChI=1S/C11H9F6NO4/c1-20-7(19)4-5-3-6(22-11(15,16)17)18-9(8(5)21-2)10(12,13)14/h3H,4H2,1-2H3. The molecule has 0 aliphatic heterocycles. The van der Waals surface area contributed by atoms with Crippen molar-refractivity contribution in [1.29, 1.82) is 0 Å². The molecule has 1 aromatic heterocycles. The molecule has 0 N–H and O–H groups in total. The van der Waals surface area contributed by atoms with E-state index in [4.69, 9.17) is 0 Å². The molecular weight excluding hydrogens is 324 g/mol. The van der Waals surface area contributed by atoms with Crippen molar-refractivity contribution in [2.45, 2.75) is 19.0 Å². The second kappa shape index (κ2) is 6.28. The third kappa shape index (κ3) is 4.67. The maximum absolute atomic E-state index is 12.9. The van der Waals surface area contributed by atoms with Crippen LogP contribution in [0.1, 0.15) is 11.3 Å². The highest BCUT2D eigenvalue weighted by Gasteiger charge is 2.40.